The van der Waals surface area contributed by atoms with Crippen LogP contribution < -0.4 is 10.2 Å². The zero-order valence-corrected chi connectivity index (χ0v) is 12.0. The Morgan fingerprint density at radius 3 is 3.10 bits per heavy atom. The summed E-state index contributed by atoms with van der Waals surface area (Å²) in [6, 6.07) is 0.137. The predicted molar refractivity (Wildman–Crippen MR) is 75.8 cm³/mol. The number of hydrogen-bond donors (Lipinski definition) is 1. The fourth-order valence-corrected chi connectivity index (χ4v) is 2.84. The number of carbonyl (C=O) groups excluding carboxylic acids is 1. The first-order valence-electron chi connectivity index (χ1n) is 6.54. The molecule has 1 saturated heterocycles. The van der Waals surface area contributed by atoms with Crippen molar-refractivity contribution < 1.29 is 4.79 Å². The maximum Gasteiger partial charge on any atom is 0.272 e. The Kier molecular flexibility index (Phi) is 3.64. The standard InChI is InChI=1S/C12H16N6OS/c1-17-8-10(5-13-17)18-4-2-3-9(7-18)15-12(19)11-6-14-20-16-11/h5-6,8-9H,2-4,7H2,1H3,(H,15,19)/t9-/m1/s1. The number of nitrogens with one attached hydrogen (secondary N) is 1. The third-order valence-electron chi connectivity index (χ3n) is 3.41. The summed E-state index contributed by atoms with van der Waals surface area (Å²) in [6.45, 7) is 1.80. The van der Waals surface area contributed by atoms with Gasteiger partial charge in [0.05, 0.1) is 29.8 Å². The molecular weight excluding hydrogens is 276 g/mol. The molecule has 7 nitrogen and oxygen atoms in total. The van der Waals surface area contributed by atoms with Crippen LogP contribution in [-0.4, -0.2) is 43.6 Å². The minimum atomic E-state index is -0.142. The van der Waals surface area contributed by atoms with Gasteiger partial charge >= 0.3 is 0 Å². The van der Waals surface area contributed by atoms with Gasteiger partial charge in [-0.05, 0) is 12.8 Å². The maximum absolute atomic E-state index is 12.0. The minimum absolute atomic E-state index is 0.137. The van der Waals surface area contributed by atoms with Crippen molar-refractivity contribution in [3.63, 3.8) is 0 Å². The lowest BCUT2D eigenvalue weighted by Gasteiger charge is -2.33. The smallest absolute Gasteiger partial charge is 0.272 e. The summed E-state index contributed by atoms with van der Waals surface area (Å²) >= 11 is 1.05. The molecule has 0 aromatic carbocycles. The molecule has 0 unspecified atom stereocenters. The van der Waals surface area contributed by atoms with E-state index >= 15 is 0 Å². The highest BCUT2D eigenvalue weighted by Crippen LogP contribution is 2.19. The molecule has 3 rings (SSSR count). The number of nitrogens with zero attached hydrogens (tertiary/aromatic N) is 5. The Hall–Kier alpha value is -1.96. The SMILES string of the molecule is Cn1cc(N2CCC[C@@H](NC(=O)c3cnsn3)C2)cn1. The van der Waals surface area contributed by atoms with Crippen molar-refractivity contribution in [2.45, 2.75) is 18.9 Å². The second-order valence-corrected chi connectivity index (χ2v) is 5.48. The molecular formula is C12H16N6OS. The van der Waals surface area contributed by atoms with Gasteiger partial charge in [-0.2, -0.15) is 13.8 Å². The highest BCUT2D eigenvalue weighted by molar-refractivity contribution is 6.99. The van der Waals surface area contributed by atoms with E-state index in [1.165, 1.54) is 6.20 Å². The number of carbonyl (C=O) groups is 1. The summed E-state index contributed by atoms with van der Waals surface area (Å²) in [5, 5.41) is 7.21. The van der Waals surface area contributed by atoms with Gasteiger partial charge < -0.3 is 10.2 Å². The quantitative estimate of drug-likeness (QED) is 0.900. The Morgan fingerprint density at radius 2 is 2.40 bits per heavy atom. The second kappa shape index (κ2) is 5.58. The van der Waals surface area contributed by atoms with Gasteiger partial charge in [0.15, 0.2) is 5.69 Å². The molecule has 1 N–H and O–H groups in total. The highest BCUT2D eigenvalue weighted by Gasteiger charge is 2.23. The van der Waals surface area contributed by atoms with E-state index in [1.54, 1.807) is 4.68 Å². The first kappa shape index (κ1) is 13.0. The Labute approximate surface area is 120 Å². The van der Waals surface area contributed by atoms with Crippen molar-refractivity contribution in [3.8, 4) is 0 Å². The van der Waals surface area contributed by atoms with Crippen LogP contribution in [0.25, 0.3) is 0 Å². The summed E-state index contributed by atoms with van der Waals surface area (Å²) in [7, 11) is 1.90. The Bertz CT molecular complexity index is 581. The van der Waals surface area contributed by atoms with Gasteiger partial charge in [-0.25, -0.2) is 0 Å². The third-order valence-corrected chi connectivity index (χ3v) is 3.88. The molecule has 2 aromatic rings. The van der Waals surface area contributed by atoms with Gasteiger partial charge in [-0.1, -0.05) is 0 Å². The zero-order valence-electron chi connectivity index (χ0n) is 11.2. The van der Waals surface area contributed by atoms with Gasteiger partial charge in [-0.15, -0.1) is 0 Å². The van der Waals surface area contributed by atoms with Gasteiger partial charge in [0.25, 0.3) is 5.91 Å². The average molecular weight is 292 g/mol. The third kappa shape index (κ3) is 2.79. The van der Waals surface area contributed by atoms with Gasteiger partial charge in [0.1, 0.15) is 0 Å². The van der Waals surface area contributed by atoms with Crippen LogP contribution in [0, 0.1) is 0 Å². The molecule has 8 heteroatoms. The predicted octanol–water partition coefficient (Wildman–Crippen LogP) is 0.670. The molecule has 0 saturated carbocycles. The molecule has 1 fully saturated rings. The lowest BCUT2D eigenvalue weighted by molar-refractivity contribution is 0.0929. The first-order valence-corrected chi connectivity index (χ1v) is 7.27. The van der Waals surface area contributed by atoms with Crippen LogP contribution >= 0.6 is 11.7 Å². The molecule has 2 aromatic heterocycles. The first-order chi connectivity index (χ1) is 9.72. The van der Waals surface area contributed by atoms with Crippen molar-refractivity contribution in [3.05, 3.63) is 24.3 Å². The van der Waals surface area contributed by atoms with E-state index in [0.717, 1.165) is 43.3 Å². The van der Waals surface area contributed by atoms with Crippen molar-refractivity contribution in [1.29, 1.82) is 0 Å². The lowest BCUT2D eigenvalue weighted by atomic mass is 10.1. The summed E-state index contributed by atoms with van der Waals surface area (Å²) in [5.41, 5.74) is 1.50. The molecule has 1 amide bonds. The molecule has 0 spiro atoms. The summed E-state index contributed by atoms with van der Waals surface area (Å²) in [5.74, 6) is -0.142. The number of hydrogen-bond acceptors (Lipinski definition) is 6. The number of aromatic nitrogens is 4. The number of piperidine rings is 1. The topological polar surface area (TPSA) is 75.9 Å². The average Bonchev–Trinajstić information content (AvgIpc) is 3.10. The van der Waals surface area contributed by atoms with Crippen molar-refractivity contribution in [2.24, 2.45) is 7.05 Å². The zero-order chi connectivity index (χ0) is 13.9. The van der Waals surface area contributed by atoms with Crippen LogP contribution in [0.1, 0.15) is 23.3 Å². The van der Waals surface area contributed by atoms with Gasteiger partial charge in [-0.3, -0.25) is 9.48 Å². The Balaban J connectivity index is 1.62. The normalized spacial score (nSPS) is 19.1. The minimum Gasteiger partial charge on any atom is -0.367 e. The van der Waals surface area contributed by atoms with Crippen LogP contribution in [0.3, 0.4) is 0 Å². The molecule has 1 aliphatic heterocycles. The number of anilines is 1. The van der Waals surface area contributed by atoms with E-state index in [4.69, 9.17) is 0 Å². The number of amides is 1. The summed E-state index contributed by atoms with van der Waals surface area (Å²) < 4.78 is 9.59. The second-order valence-electron chi connectivity index (χ2n) is 4.92. The van der Waals surface area contributed by atoms with Crippen LogP contribution in [0.4, 0.5) is 5.69 Å². The van der Waals surface area contributed by atoms with Crippen molar-refractivity contribution in [2.75, 3.05) is 18.0 Å². The van der Waals surface area contributed by atoms with E-state index in [2.05, 4.69) is 24.1 Å². The van der Waals surface area contributed by atoms with Crippen LogP contribution in [0.2, 0.25) is 0 Å². The monoisotopic (exact) mass is 292 g/mol. The van der Waals surface area contributed by atoms with Crippen LogP contribution in [-0.2, 0) is 7.05 Å². The fourth-order valence-electron chi connectivity index (χ4n) is 2.43. The van der Waals surface area contributed by atoms with E-state index in [-0.39, 0.29) is 11.9 Å². The van der Waals surface area contributed by atoms with E-state index in [0.29, 0.717) is 5.69 Å². The number of rotatable bonds is 3. The summed E-state index contributed by atoms with van der Waals surface area (Å²) in [6.07, 6.45) is 7.39. The largest absolute Gasteiger partial charge is 0.367 e. The van der Waals surface area contributed by atoms with Crippen molar-refractivity contribution in [1.82, 2.24) is 23.8 Å². The van der Waals surface area contributed by atoms with E-state index in [9.17, 15) is 4.79 Å². The van der Waals surface area contributed by atoms with Gasteiger partial charge in [0.2, 0.25) is 0 Å². The Morgan fingerprint density at radius 1 is 1.50 bits per heavy atom. The molecule has 0 aliphatic carbocycles. The molecule has 0 radical (unpaired) electrons. The van der Waals surface area contributed by atoms with Gasteiger partial charge in [0, 0.05) is 32.4 Å². The maximum atomic E-state index is 12.0. The molecule has 20 heavy (non-hydrogen) atoms. The fraction of sp³-hybridized carbons (Fsp3) is 0.500. The molecule has 3 heterocycles. The lowest BCUT2D eigenvalue weighted by Crippen LogP contribution is -2.47. The van der Waals surface area contributed by atoms with E-state index < -0.39 is 0 Å². The molecule has 106 valence electrons. The van der Waals surface area contributed by atoms with Crippen LogP contribution in [0.5, 0.6) is 0 Å². The van der Waals surface area contributed by atoms with E-state index in [1.807, 2.05) is 19.4 Å². The molecule has 1 aliphatic rings. The van der Waals surface area contributed by atoms with Crippen molar-refractivity contribution >= 4 is 23.3 Å². The summed E-state index contributed by atoms with van der Waals surface area (Å²) in [4.78, 5) is 14.2. The van der Waals surface area contributed by atoms with Crippen LogP contribution in [0.15, 0.2) is 18.6 Å². The molecule has 0 bridgehead atoms. The number of aryl methyl sites for hydroxylation is 1. The highest BCUT2D eigenvalue weighted by atomic mass is 32.1. The molecule has 1 atom stereocenters.